The lowest BCUT2D eigenvalue weighted by Crippen LogP contribution is -2.31. The van der Waals surface area contributed by atoms with E-state index in [0.29, 0.717) is 0 Å². The van der Waals surface area contributed by atoms with Crippen LogP contribution in [-0.4, -0.2) is 11.5 Å². The quantitative estimate of drug-likeness (QED) is 0.814. The first-order valence-corrected chi connectivity index (χ1v) is 6.14. The Bertz CT molecular complexity index is 305. The Hall–Kier alpha value is -0.410. The summed E-state index contributed by atoms with van der Waals surface area (Å²) in [4.78, 5) is 6.02. The third-order valence-corrected chi connectivity index (χ3v) is 4.75. The van der Waals surface area contributed by atoms with Crippen molar-refractivity contribution in [3.8, 4) is 0 Å². The predicted molar refractivity (Wildman–Crippen MR) is 60.8 cm³/mol. The molecule has 1 aliphatic rings. The fourth-order valence-electron chi connectivity index (χ4n) is 2.26. The van der Waals surface area contributed by atoms with Gasteiger partial charge >= 0.3 is 0 Å². The van der Waals surface area contributed by atoms with Gasteiger partial charge in [-0.15, -0.1) is 11.3 Å². The van der Waals surface area contributed by atoms with Crippen LogP contribution in [0, 0.1) is 13.8 Å². The van der Waals surface area contributed by atoms with Gasteiger partial charge in [-0.1, -0.05) is 12.8 Å². The molecule has 0 bridgehead atoms. The second kappa shape index (κ2) is 3.63. The van der Waals surface area contributed by atoms with Gasteiger partial charge in [0.1, 0.15) is 5.01 Å². The fourth-order valence-corrected chi connectivity index (χ4v) is 3.43. The van der Waals surface area contributed by atoms with Crippen LogP contribution in [0.2, 0.25) is 0 Å². The van der Waals surface area contributed by atoms with Crippen molar-refractivity contribution < 1.29 is 0 Å². The first-order chi connectivity index (χ1) is 6.68. The van der Waals surface area contributed by atoms with Crippen LogP contribution in [0.5, 0.6) is 0 Å². The lowest BCUT2D eigenvalue weighted by atomic mass is 9.87. The number of hydrogen-bond acceptors (Lipinski definition) is 3. The molecular formula is C11H18N2S. The monoisotopic (exact) mass is 210 g/mol. The largest absolute Gasteiger partial charge is 0.329 e. The molecule has 14 heavy (non-hydrogen) atoms. The fraction of sp³-hybridized carbons (Fsp3) is 0.727. The minimum atomic E-state index is 0.226. The molecule has 0 saturated heterocycles. The van der Waals surface area contributed by atoms with Crippen LogP contribution in [-0.2, 0) is 5.41 Å². The molecule has 1 aromatic heterocycles. The lowest BCUT2D eigenvalue weighted by molar-refractivity contribution is 0.450. The van der Waals surface area contributed by atoms with E-state index in [1.54, 1.807) is 0 Å². The Balaban J connectivity index is 2.36. The van der Waals surface area contributed by atoms with E-state index < -0.39 is 0 Å². The van der Waals surface area contributed by atoms with Crippen LogP contribution >= 0.6 is 11.3 Å². The maximum absolute atomic E-state index is 5.93. The van der Waals surface area contributed by atoms with E-state index >= 15 is 0 Å². The van der Waals surface area contributed by atoms with Crippen LogP contribution in [0.15, 0.2) is 0 Å². The number of nitrogens with two attached hydrogens (primary N) is 1. The summed E-state index contributed by atoms with van der Waals surface area (Å²) >= 11 is 1.84. The van der Waals surface area contributed by atoms with Crippen molar-refractivity contribution in [2.75, 3.05) is 6.54 Å². The van der Waals surface area contributed by atoms with Gasteiger partial charge < -0.3 is 5.73 Å². The smallest absolute Gasteiger partial charge is 0.100 e. The van der Waals surface area contributed by atoms with Gasteiger partial charge in [0.05, 0.1) is 5.69 Å². The van der Waals surface area contributed by atoms with Gasteiger partial charge in [0.15, 0.2) is 0 Å². The number of aryl methyl sites for hydroxylation is 2. The average molecular weight is 210 g/mol. The molecule has 0 unspecified atom stereocenters. The van der Waals surface area contributed by atoms with Crippen molar-refractivity contribution in [1.82, 2.24) is 4.98 Å². The highest BCUT2D eigenvalue weighted by Gasteiger charge is 2.37. The SMILES string of the molecule is Cc1nc(C2(CN)CCCC2)sc1C. The minimum absolute atomic E-state index is 0.226. The summed E-state index contributed by atoms with van der Waals surface area (Å²) in [5, 5.41) is 1.28. The first-order valence-electron chi connectivity index (χ1n) is 5.32. The summed E-state index contributed by atoms with van der Waals surface area (Å²) in [5.74, 6) is 0. The van der Waals surface area contributed by atoms with E-state index in [-0.39, 0.29) is 5.41 Å². The molecule has 0 aromatic carbocycles. The molecule has 2 N–H and O–H groups in total. The number of thiazole rings is 1. The van der Waals surface area contributed by atoms with Crippen molar-refractivity contribution in [3.05, 3.63) is 15.6 Å². The molecule has 78 valence electrons. The van der Waals surface area contributed by atoms with E-state index in [0.717, 1.165) is 6.54 Å². The average Bonchev–Trinajstić information content (AvgIpc) is 2.75. The molecule has 0 aliphatic heterocycles. The van der Waals surface area contributed by atoms with Gasteiger partial charge in [-0.2, -0.15) is 0 Å². The highest BCUT2D eigenvalue weighted by molar-refractivity contribution is 7.11. The van der Waals surface area contributed by atoms with Crippen molar-refractivity contribution in [1.29, 1.82) is 0 Å². The number of nitrogens with zero attached hydrogens (tertiary/aromatic N) is 1. The van der Waals surface area contributed by atoms with Crippen LogP contribution in [0.4, 0.5) is 0 Å². The van der Waals surface area contributed by atoms with Gasteiger partial charge in [0, 0.05) is 16.8 Å². The molecule has 0 spiro atoms. The van der Waals surface area contributed by atoms with E-state index in [9.17, 15) is 0 Å². The van der Waals surface area contributed by atoms with E-state index in [4.69, 9.17) is 5.73 Å². The van der Waals surface area contributed by atoms with Gasteiger partial charge in [0.25, 0.3) is 0 Å². The van der Waals surface area contributed by atoms with Crippen LogP contribution < -0.4 is 5.73 Å². The molecule has 3 heteroatoms. The standard InChI is InChI=1S/C11H18N2S/c1-8-9(2)14-10(13-8)11(7-12)5-3-4-6-11/h3-7,12H2,1-2H3. The minimum Gasteiger partial charge on any atom is -0.329 e. The summed E-state index contributed by atoms with van der Waals surface area (Å²) in [5.41, 5.74) is 7.34. The highest BCUT2D eigenvalue weighted by Crippen LogP contribution is 2.42. The third-order valence-electron chi connectivity index (χ3n) is 3.43. The van der Waals surface area contributed by atoms with Crippen molar-refractivity contribution in [2.45, 2.75) is 44.9 Å². The summed E-state index contributed by atoms with van der Waals surface area (Å²) in [7, 11) is 0. The zero-order chi connectivity index (χ0) is 10.2. The molecule has 1 fully saturated rings. The van der Waals surface area contributed by atoms with E-state index in [1.165, 1.54) is 41.3 Å². The Kier molecular flexibility index (Phi) is 2.62. The van der Waals surface area contributed by atoms with Crippen molar-refractivity contribution >= 4 is 11.3 Å². The number of hydrogen-bond donors (Lipinski definition) is 1. The first kappa shape index (κ1) is 10.1. The molecule has 1 aliphatic carbocycles. The molecule has 0 atom stereocenters. The Morgan fingerprint density at radius 1 is 1.36 bits per heavy atom. The van der Waals surface area contributed by atoms with Gasteiger partial charge in [-0.3, -0.25) is 0 Å². The van der Waals surface area contributed by atoms with Crippen LogP contribution in [0.1, 0.15) is 41.3 Å². The molecular weight excluding hydrogens is 192 g/mol. The Labute approximate surface area is 89.5 Å². The molecule has 1 saturated carbocycles. The number of aromatic nitrogens is 1. The van der Waals surface area contributed by atoms with Gasteiger partial charge in [-0.05, 0) is 26.7 Å². The molecule has 0 radical (unpaired) electrons. The second-order valence-electron chi connectivity index (χ2n) is 4.35. The molecule has 1 aromatic rings. The van der Waals surface area contributed by atoms with Crippen LogP contribution in [0.3, 0.4) is 0 Å². The molecule has 2 nitrogen and oxygen atoms in total. The Morgan fingerprint density at radius 2 is 2.00 bits per heavy atom. The van der Waals surface area contributed by atoms with E-state index in [2.05, 4.69) is 18.8 Å². The molecule has 1 heterocycles. The van der Waals surface area contributed by atoms with Crippen molar-refractivity contribution in [2.24, 2.45) is 5.73 Å². The Morgan fingerprint density at radius 3 is 2.43 bits per heavy atom. The van der Waals surface area contributed by atoms with E-state index in [1.807, 2.05) is 11.3 Å². The van der Waals surface area contributed by atoms with Crippen LogP contribution in [0.25, 0.3) is 0 Å². The maximum atomic E-state index is 5.93. The summed E-state index contributed by atoms with van der Waals surface area (Å²) < 4.78 is 0. The summed E-state index contributed by atoms with van der Waals surface area (Å²) in [6, 6.07) is 0. The predicted octanol–water partition coefficient (Wildman–Crippen LogP) is 2.53. The normalized spacial score (nSPS) is 20.2. The zero-order valence-corrected chi connectivity index (χ0v) is 9.78. The maximum Gasteiger partial charge on any atom is 0.100 e. The van der Waals surface area contributed by atoms with Gasteiger partial charge in [0.2, 0.25) is 0 Å². The summed E-state index contributed by atoms with van der Waals surface area (Å²) in [6.45, 7) is 5.00. The topological polar surface area (TPSA) is 38.9 Å². The molecule has 2 rings (SSSR count). The van der Waals surface area contributed by atoms with Gasteiger partial charge in [-0.25, -0.2) is 4.98 Å². The highest BCUT2D eigenvalue weighted by atomic mass is 32.1. The van der Waals surface area contributed by atoms with Crippen molar-refractivity contribution in [3.63, 3.8) is 0 Å². The molecule has 0 amide bonds. The number of rotatable bonds is 2. The lowest BCUT2D eigenvalue weighted by Gasteiger charge is -2.24. The third kappa shape index (κ3) is 1.48. The zero-order valence-electron chi connectivity index (χ0n) is 8.97. The second-order valence-corrected chi connectivity index (χ2v) is 5.56. The summed E-state index contributed by atoms with van der Waals surface area (Å²) in [6.07, 6.45) is 5.09.